The fourth-order valence-corrected chi connectivity index (χ4v) is 2.29. The normalized spacial score (nSPS) is 17.5. The Morgan fingerprint density at radius 3 is 2.38 bits per heavy atom. The average molecular weight is 366 g/mol. The molecule has 5 nitrogen and oxygen atoms in total. The maximum Gasteiger partial charge on any atom is 0.405 e. The summed E-state index contributed by atoms with van der Waals surface area (Å²) >= 11 is 0. The lowest BCUT2D eigenvalue weighted by Gasteiger charge is -2.22. The largest absolute Gasteiger partial charge is 0.405 e. The van der Waals surface area contributed by atoms with Gasteiger partial charge in [-0.2, -0.15) is 13.2 Å². The molecule has 1 aromatic carbocycles. The van der Waals surface area contributed by atoms with Crippen LogP contribution in [0.15, 0.2) is 24.3 Å². The maximum atomic E-state index is 12.0. The topological polar surface area (TPSA) is 70.2 Å². The van der Waals surface area contributed by atoms with E-state index in [0.717, 1.165) is 25.8 Å². The van der Waals surface area contributed by atoms with Gasteiger partial charge >= 0.3 is 6.18 Å². The monoisotopic (exact) mass is 365 g/mol. The van der Waals surface area contributed by atoms with E-state index in [2.05, 4.69) is 10.6 Å². The summed E-state index contributed by atoms with van der Waals surface area (Å²) in [5.41, 5.74) is 0.595. The Morgan fingerprint density at radius 2 is 1.83 bits per heavy atom. The molecule has 1 aliphatic rings. The van der Waals surface area contributed by atoms with Crippen LogP contribution >= 0.6 is 12.4 Å². The highest BCUT2D eigenvalue weighted by molar-refractivity contribution is 5.97. The van der Waals surface area contributed by atoms with Crippen molar-refractivity contribution in [3.63, 3.8) is 0 Å². The van der Waals surface area contributed by atoms with E-state index in [0.29, 0.717) is 5.69 Å². The van der Waals surface area contributed by atoms with Crippen molar-refractivity contribution in [2.45, 2.75) is 31.5 Å². The molecule has 0 radical (unpaired) electrons. The fraction of sp³-hybridized carbons (Fsp3) is 0.467. The zero-order valence-electron chi connectivity index (χ0n) is 12.8. The standard InChI is InChI=1S/C15H18F3N3O2.ClH/c16-15(17,18)9-20-13(22)10-4-6-11(7-5-10)21-14(23)12-3-1-2-8-19-12;/h4-7,12,19H,1-3,8-9H2,(H,20,22)(H,21,23);1H. The second-order valence-electron chi connectivity index (χ2n) is 5.37. The highest BCUT2D eigenvalue weighted by Gasteiger charge is 2.28. The van der Waals surface area contributed by atoms with Crippen LogP contribution in [0.25, 0.3) is 0 Å². The van der Waals surface area contributed by atoms with E-state index in [-0.39, 0.29) is 29.9 Å². The molecular weight excluding hydrogens is 347 g/mol. The first-order valence-electron chi connectivity index (χ1n) is 7.34. The van der Waals surface area contributed by atoms with Crippen LogP contribution in [0.2, 0.25) is 0 Å². The lowest BCUT2D eigenvalue weighted by atomic mass is 10.0. The van der Waals surface area contributed by atoms with Gasteiger partial charge < -0.3 is 16.0 Å². The number of rotatable bonds is 4. The second-order valence-corrected chi connectivity index (χ2v) is 5.37. The first-order valence-corrected chi connectivity index (χ1v) is 7.34. The summed E-state index contributed by atoms with van der Waals surface area (Å²) < 4.78 is 36.1. The molecular formula is C15H19ClF3N3O2. The van der Waals surface area contributed by atoms with Gasteiger partial charge in [-0.15, -0.1) is 12.4 Å². The lowest BCUT2D eigenvalue weighted by molar-refractivity contribution is -0.123. The van der Waals surface area contributed by atoms with Crippen molar-refractivity contribution in [3.05, 3.63) is 29.8 Å². The van der Waals surface area contributed by atoms with Gasteiger partial charge in [-0.05, 0) is 43.7 Å². The van der Waals surface area contributed by atoms with E-state index < -0.39 is 18.6 Å². The second kappa shape index (κ2) is 8.89. The molecule has 1 saturated heterocycles. The van der Waals surface area contributed by atoms with Crippen LogP contribution in [0.4, 0.5) is 18.9 Å². The molecule has 1 atom stereocenters. The Labute approximate surface area is 143 Å². The van der Waals surface area contributed by atoms with Crippen LogP contribution < -0.4 is 16.0 Å². The molecule has 0 bridgehead atoms. The number of benzene rings is 1. The van der Waals surface area contributed by atoms with Crippen molar-refractivity contribution in [1.82, 2.24) is 10.6 Å². The lowest BCUT2D eigenvalue weighted by Crippen LogP contribution is -2.43. The Balaban J connectivity index is 0.00000288. The van der Waals surface area contributed by atoms with E-state index in [1.165, 1.54) is 24.3 Å². The summed E-state index contributed by atoms with van der Waals surface area (Å²) in [5, 5.41) is 7.63. The van der Waals surface area contributed by atoms with Gasteiger partial charge in [-0.3, -0.25) is 9.59 Å². The van der Waals surface area contributed by atoms with E-state index >= 15 is 0 Å². The van der Waals surface area contributed by atoms with Gasteiger partial charge in [0.05, 0.1) is 6.04 Å². The molecule has 0 aromatic heterocycles. The molecule has 0 aliphatic carbocycles. The molecule has 2 amide bonds. The number of amides is 2. The summed E-state index contributed by atoms with van der Waals surface area (Å²) in [4.78, 5) is 23.6. The summed E-state index contributed by atoms with van der Waals surface area (Å²) in [6, 6.07) is 5.48. The first kappa shape index (κ1) is 20.2. The third kappa shape index (κ3) is 6.37. The SMILES string of the molecule is Cl.O=C(NCC(F)(F)F)c1ccc(NC(=O)C2CCCCN2)cc1. The van der Waals surface area contributed by atoms with Gasteiger partial charge in [-0.25, -0.2) is 0 Å². The molecule has 1 aliphatic heterocycles. The van der Waals surface area contributed by atoms with Gasteiger partial charge in [0.2, 0.25) is 5.91 Å². The van der Waals surface area contributed by atoms with Crippen molar-refractivity contribution in [2.75, 3.05) is 18.4 Å². The minimum absolute atomic E-state index is 0. The van der Waals surface area contributed by atoms with Crippen LogP contribution in [0.5, 0.6) is 0 Å². The summed E-state index contributed by atoms with van der Waals surface area (Å²) in [5.74, 6) is -0.965. The molecule has 1 heterocycles. The molecule has 1 fully saturated rings. The predicted octanol–water partition coefficient (Wildman–Crippen LogP) is 2.48. The number of carbonyl (C=O) groups is 2. The molecule has 1 unspecified atom stereocenters. The Bertz CT molecular complexity index is 558. The molecule has 0 spiro atoms. The highest BCUT2D eigenvalue weighted by atomic mass is 35.5. The van der Waals surface area contributed by atoms with Crippen molar-refractivity contribution in [2.24, 2.45) is 0 Å². The molecule has 3 N–H and O–H groups in total. The molecule has 0 saturated carbocycles. The number of carbonyl (C=O) groups excluding carboxylic acids is 2. The van der Waals surface area contributed by atoms with Gasteiger partial charge in [0.1, 0.15) is 6.54 Å². The smallest absolute Gasteiger partial charge is 0.343 e. The third-order valence-corrected chi connectivity index (χ3v) is 3.49. The van der Waals surface area contributed by atoms with Crippen molar-refractivity contribution in [1.29, 1.82) is 0 Å². The quantitative estimate of drug-likeness (QED) is 0.767. The zero-order valence-corrected chi connectivity index (χ0v) is 13.6. The van der Waals surface area contributed by atoms with Crippen molar-refractivity contribution < 1.29 is 22.8 Å². The number of halogens is 4. The number of hydrogen-bond acceptors (Lipinski definition) is 3. The molecule has 134 valence electrons. The molecule has 9 heteroatoms. The summed E-state index contributed by atoms with van der Waals surface area (Å²) in [6.07, 6.45) is -1.64. The zero-order chi connectivity index (χ0) is 16.9. The minimum Gasteiger partial charge on any atom is -0.343 e. The molecule has 2 rings (SSSR count). The number of piperidine rings is 1. The highest BCUT2D eigenvalue weighted by Crippen LogP contribution is 2.15. The number of anilines is 1. The van der Waals surface area contributed by atoms with E-state index in [9.17, 15) is 22.8 Å². The van der Waals surface area contributed by atoms with Gasteiger partial charge in [-0.1, -0.05) is 6.42 Å². The van der Waals surface area contributed by atoms with Crippen LogP contribution in [0.3, 0.4) is 0 Å². The summed E-state index contributed by atoms with van der Waals surface area (Å²) in [7, 11) is 0. The van der Waals surface area contributed by atoms with Crippen molar-refractivity contribution >= 4 is 29.9 Å². The van der Waals surface area contributed by atoms with Crippen LogP contribution in [0, 0.1) is 0 Å². The Morgan fingerprint density at radius 1 is 1.17 bits per heavy atom. The van der Waals surface area contributed by atoms with Crippen molar-refractivity contribution in [3.8, 4) is 0 Å². The Kier molecular flexibility index (Phi) is 7.50. The first-order chi connectivity index (χ1) is 10.8. The van der Waals surface area contributed by atoms with Crippen LogP contribution in [-0.2, 0) is 4.79 Å². The minimum atomic E-state index is -4.45. The molecule has 24 heavy (non-hydrogen) atoms. The summed E-state index contributed by atoms with van der Waals surface area (Å²) in [6.45, 7) is -0.575. The maximum absolute atomic E-state index is 12.0. The van der Waals surface area contributed by atoms with Crippen LogP contribution in [-0.4, -0.2) is 37.1 Å². The third-order valence-electron chi connectivity index (χ3n) is 3.49. The molecule has 1 aromatic rings. The number of nitrogens with one attached hydrogen (secondary N) is 3. The van der Waals surface area contributed by atoms with Gasteiger partial charge in [0.25, 0.3) is 5.91 Å². The van der Waals surface area contributed by atoms with E-state index in [1.807, 2.05) is 0 Å². The van der Waals surface area contributed by atoms with Crippen LogP contribution in [0.1, 0.15) is 29.6 Å². The average Bonchev–Trinajstić information content (AvgIpc) is 2.53. The number of alkyl halides is 3. The van der Waals surface area contributed by atoms with Gasteiger partial charge in [0.15, 0.2) is 0 Å². The van der Waals surface area contributed by atoms with E-state index in [1.54, 1.807) is 5.32 Å². The van der Waals surface area contributed by atoms with Gasteiger partial charge in [0, 0.05) is 11.3 Å². The van der Waals surface area contributed by atoms with E-state index in [4.69, 9.17) is 0 Å². The fourth-order valence-electron chi connectivity index (χ4n) is 2.29. The predicted molar refractivity (Wildman–Crippen MR) is 86.3 cm³/mol. The number of hydrogen-bond donors (Lipinski definition) is 3. The Hall–Kier alpha value is -1.80.